The van der Waals surface area contributed by atoms with Gasteiger partial charge < -0.3 is 5.32 Å². The second-order valence-corrected chi connectivity index (χ2v) is 9.74. The average molecular weight is 402 g/mol. The van der Waals surface area contributed by atoms with Gasteiger partial charge in [0.2, 0.25) is 5.91 Å². The molecule has 2 atom stereocenters. The SMILES string of the molecule is O=C(Nc1cccnc1-n1cncn1)C12CC3CC(CC(Br)(C3)C1)C2. The predicted molar refractivity (Wildman–Crippen MR) is 96.6 cm³/mol. The van der Waals surface area contributed by atoms with Gasteiger partial charge in [-0.3, -0.25) is 4.79 Å². The van der Waals surface area contributed by atoms with Crippen LogP contribution in [0, 0.1) is 17.3 Å². The number of hydrogen-bond donors (Lipinski definition) is 1. The molecule has 4 aliphatic rings. The van der Waals surface area contributed by atoms with Crippen LogP contribution in [0.25, 0.3) is 5.82 Å². The van der Waals surface area contributed by atoms with Crippen LogP contribution in [-0.2, 0) is 4.79 Å². The van der Waals surface area contributed by atoms with Crippen LogP contribution < -0.4 is 5.32 Å². The predicted octanol–water partition coefficient (Wildman–Crippen LogP) is 3.33. The molecule has 0 radical (unpaired) electrons. The van der Waals surface area contributed by atoms with Crippen LogP contribution in [0.15, 0.2) is 31.0 Å². The fraction of sp³-hybridized carbons (Fsp3) is 0.556. The molecule has 4 aliphatic carbocycles. The minimum atomic E-state index is -0.247. The number of anilines is 1. The van der Waals surface area contributed by atoms with E-state index in [4.69, 9.17) is 0 Å². The monoisotopic (exact) mass is 401 g/mol. The molecule has 4 fully saturated rings. The van der Waals surface area contributed by atoms with Crippen molar-refractivity contribution in [2.45, 2.75) is 42.8 Å². The molecule has 6 rings (SSSR count). The molecule has 0 aliphatic heterocycles. The Hall–Kier alpha value is -1.76. The Morgan fingerprint density at radius 3 is 2.76 bits per heavy atom. The van der Waals surface area contributed by atoms with Crippen molar-refractivity contribution in [2.75, 3.05) is 5.32 Å². The van der Waals surface area contributed by atoms with Gasteiger partial charge in [0.15, 0.2) is 5.82 Å². The summed E-state index contributed by atoms with van der Waals surface area (Å²) in [5.41, 5.74) is 0.445. The van der Waals surface area contributed by atoms with Crippen molar-refractivity contribution in [3.63, 3.8) is 0 Å². The lowest BCUT2D eigenvalue weighted by Crippen LogP contribution is -2.57. The lowest BCUT2D eigenvalue weighted by Gasteiger charge is -2.59. The van der Waals surface area contributed by atoms with Crippen molar-refractivity contribution in [2.24, 2.45) is 17.3 Å². The molecule has 2 aromatic rings. The normalized spacial score (nSPS) is 35.7. The number of pyridine rings is 1. The molecule has 4 bridgehead atoms. The van der Waals surface area contributed by atoms with Gasteiger partial charge in [-0.2, -0.15) is 5.10 Å². The van der Waals surface area contributed by atoms with E-state index in [1.165, 1.54) is 25.6 Å². The maximum absolute atomic E-state index is 13.3. The van der Waals surface area contributed by atoms with Gasteiger partial charge in [-0.05, 0) is 62.5 Å². The van der Waals surface area contributed by atoms with Crippen molar-refractivity contribution in [3.8, 4) is 5.82 Å². The fourth-order valence-corrected chi connectivity index (χ4v) is 7.12. The summed E-state index contributed by atoms with van der Waals surface area (Å²) in [6.07, 6.45) is 11.5. The number of aromatic nitrogens is 4. The van der Waals surface area contributed by atoms with Crippen molar-refractivity contribution < 1.29 is 4.79 Å². The Balaban J connectivity index is 1.45. The molecular weight excluding hydrogens is 382 g/mol. The van der Waals surface area contributed by atoms with Gasteiger partial charge in [-0.15, -0.1) is 0 Å². The van der Waals surface area contributed by atoms with Crippen molar-refractivity contribution in [1.82, 2.24) is 19.7 Å². The van der Waals surface area contributed by atoms with Gasteiger partial charge in [-0.25, -0.2) is 14.6 Å². The molecule has 0 saturated heterocycles. The number of halogens is 1. The number of alkyl halides is 1. The van der Waals surface area contributed by atoms with Gasteiger partial charge in [-0.1, -0.05) is 15.9 Å². The number of amides is 1. The van der Waals surface area contributed by atoms with E-state index in [1.54, 1.807) is 17.2 Å². The molecule has 130 valence electrons. The van der Waals surface area contributed by atoms with E-state index in [1.807, 2.05) is 12.1 Å². The van der Waals surface area contributed by atoms with Crippen LogP contribution in [-0.4, -0.2) is 30.0 Å². The van der Waals surface area contributed by atoms with Crippen LogP contribution in [0.5, 0.6) is 0 Å². The van der Waals surface area contributed by atoms with Gasteiger partial charge in [0, 0.05) is 10.5 Å². The lowest BCUT2D eigenvalue weighted by atomic mass is 9.49. The Bertz CT molecular complexity index is 807. The van der Waals surface area contributed by atoms with E-state index in [0.717, 1.165) is 19.3 Å². The Labute approximate surface area is 154 Å². The average Bonchev–Trinajstić information content (AvgIpc) is 3.07. The van der Waals surface area contributed by atoms with Crippen LogP contribution in [0.2, 0.25) is 0 Å². The number of rotatable bonds is 3. The summed E-state index contributed by atoms with van der Waals surface area (Å²) in [5, 5.41) is 7.30. The minimum absolute atomic E-state index is 0.139. The molecule has 0 aromatic carbocycles. The number of hydrogen-bond acceptors (Lipinski definition) is 4. The highest BCUT2D eigenvalue weighted by molar-refractivity contribution is 9.10. The van der Waals surface area contributed by atoms with Crippen LogP contribution in [0.4, 0.5) is 5.69 Å². The largest absolute Gasteiger partial charge is 0.322 e. The smallest absolute Gasteiger partial charge is 0.230 e. The molecule has 4 saturated carbocycles. The summed E-state index contributed by atoms with van der Waals surface area (Å²) in [6, 6.07) is 3.72. The third-order valence-corrected chi connectivity index (χ3v) is 7.07. The first-order chi connectivity index (χ1) is 12.1. The minimum Gasteiger partial charge on any atom is -0.322 e. The third kappa shape index (κ3) is 2.51. The second-order valence-electron chi connectivity index (χ2n) is 8.06. The van der Waals surface area contributed by atoms with Gasteiger partial charge in [0.25, 0.3) is 0 Å². The summed E-state index contributed by atoms with van der Waals surface area (Å²) >= 11 is 3.98. The number of nitrogens with one attached hydrogen (secondary N) is 1. The molecule has 2 unspecified atom stereocenters. The Morgan fingerprint density at radius 2 is 2.08 bits per heavy atom. The van der Waals surface area contributed by atoms with Crippen molar-refractivity contribution in [3.05, 3.63) is 31.0 Å². The molecule has 2 aromatic heterocycles. The fourth-order valence-electron chi connectivity index (χ4n) is 5.67. The summed E-state index contributed by atoms with van der Waals surface area (Å²) in [7, 11) is 0. The maximum atomic E-state index is 13.3. The van der Waals surface area contributed by atoms with E-state index in [0.29, 0.717) is 23.3 Å². The summed E-state index contributed by atoms with van der Waals surface area (Å²) in [4.78, 5) is 21.7. The van der Waals surface area contributed by atoms with E-state index in [2.05, 4.69) is 36.3 Å². The number of carbonyl (C=O) groups excluding carboxylic acids is 1. The van der Waals surface area contributed by atoms with E-state index >= 15 is 0 Å². The van der Waals surface area contributed by atoms with Gasteiger partial charge in [0.05, 0.1) is 11.1 Å². The first kappa shape index (κ1) is 15.5. The number of nitrogens with zero attached hydrogens (tertiary/aromatic N) is 4. The zero-order valence-corrected chi connectivity index (χ0v) is 15.4. The van der Waals surface area contributed by atoms with Crippen LogP contribution in [0.3, 0.4) is 0 Å². The quantitative estimate of drug-likeness (QED) is 0.800. The molecule has 0 spiro atoms. The van der Waals surface area contributed by atoms with Crippen LogP contribution in [0.1, 0.15) is 38.5 Å². The molecule has 1 amide bonds. The first-order valence-electron chi connectivity index (χ1n) is 8.86. The van der Waals surface area contributed by atoms with E-state index < -0.39 is 0 Å². The highest BCUT2D eigenvalue weighted by Gasteiger charge is 2.59. The Morgan fingerprint density at radius 1 is 1.28 bits per heavy atom. The van der Waals surface area contributed by atoms with Gasteiger partial charge in [0.1, 0.15) is 12.7 Å². The summed E-state index contributed by atoms with van der Waals surface area (Å²) < 4.78 is 1.75. The van der Waals surface area contributed by atoms with Gasteiger partial charge >= 0.3 is 0 Å². The van der Waals surface area contributed by atoms with Crippen LogP contribution >= 0.6 is 15.9 Å². The van der Waals surface area contributed by atoms with E-state index in [-0.39, 0.29) is 15.6 Å². The maximum Gasteiger partial charge on any atom is 0.230 e. The molecule has 7 heteroatoms. The third-order valence-electron chi connectivity index (χ3n) is 6.14. The highest BCUT2D eigenvalue weighted by atomic mass is 79.9. The molecule has 6 nitrogen and oxygen atoms in total. The summed E-state index contributed by atoms with van der Waals surface area (Å²) in [5.74, 6) is 2.09. The highest BCUT2D eigenvalue weighted by Crippen LogP contribution is 2.64. The lowest BCUT2D eigenvalue weighted by molar-refractivity contribution is -0.138. The van der Waals surface area contributed by atoms with Crippen molar-refractivity contribution in [1.29, 1.82) is 0 Å². The van der Waals surface area contributed by atoms with Crippen molar-refractivity contribution >= 4 is 27.5 Å². The van der Waals surface area contributed by atoms with E-state index in [9.17, 15) is 4.79 Å². The Kier molecular flexibility index (Phi) is 3.33. The summed E-state index contributed by atoms with van der Waals surface area (Å²) in [6.45, 7) is 0. The number of carbonyl (C=O) groups is 1. The topological polar surface area (TPSA) is 72.7 Å². The zero-order valence-electron chi connectivity index (χ0n) is 13.9. The standard InChI is InChI=1S/C18H20BrN5O/c19-18-7-12-4-13(8-18)6-17(5-12,9-18)16(25)23-14-2-1-3-21-15(14)24-11-20-10-22-24/h1-3,10-13H,4-9H2,(H,23,25). The molecule has 25 heavy (non-hydrogen) atoms. The second kappa shape index (κ2) is 5.37. The first-order valence-corrected chi connectivity index (χ1v) is 9.65. The molecule has 1 N–H and O–H groups in total. The molecular formula is C18H20BrN5O. The molecule has 2 heterocycles. The zero-order chi connectivity index (χ0) is 17.1.